The number of aliphatic imine (C=N–C) groups is 1. The highest BCUT2D eigenvalue weighted by molar-refractivity contribution is 7.78. The van der Waals surface area contributed by atoms with Gasteiger partial charge in [-0.15, -0.1) is 0 Å². The van der Waals surface area contributed by atoms with Crippen molar-refractivity contribution in [3.63, 3.8) is 0 Å². The number of isothiocyanates is 1. The number of thiocarbonyl (C=S) groups is 1. The lowest BCUT2D eigenvalue weighted by Gasteiger charge is -2.49. The van der Waals surface area contributed by atoms with Gasteiger partial charge in [0.15, 0.2) is 0 Å². The van der Waals surface area contributed by atoms with Gasteiger partial charge < -0.3 is 4.48 Å². The zero-order valence-corrected chi connectivity index (χ0v) is 11.5. The molecule has 0 unspecified atom stereocenters. The number of rotatable bonds is 3. The summed E-state index contributed by atoms with van der Waals surface area (Å²) in [5, 5.41) is 2.45. The third kappa shape index (κ3) is 2.39. The van der Waals surface area contributed by atoms with Crippen LogP contribution in [-0.2, 0) is 6.54 Å². The maximum atomic E-state index is 4.67. The van der Waals surface area contributed by atoms with Crippen LogP contribution in [0.15, 0.2) is 29.3 Å². The molecular weight excluding hydrogens is 240 g/mol. The highest BCUT2D eigenvalue weighted by Gasteiger charge is 2.39. The number of hydrogen-bond acceptors (Lipinski definition) is 2. The van der Waals surface area contributed by atoms with Crippen molar-refractivity contribution in [3.8, 4) is 0 Å². The summed E-state index contributed by atoms with van der Waals surface area (Å²) in [4.78, 5) is 4.08. The molecule has 0 saturated carbocycles. The average Bonchev–Trinajstić information content (AvgIpc) is 2.41. The molecule has 0 amide bonds. The molecule has 1 aromatic carbocycles. The van der Waals surface area contributed by atoms with Gasteiger partial charge in [-0.3, -0.25) is 0 Å². The molecule has 2 bridgehead atoms. The highest BCUT2D eigenvalue weighted by Crippen LogP contribution is 2.35. The van der Waals surface area contributed by atoms with Crippen molar-refractivity contribution in [2.75, 3.05) is 19.6 Å². The first kappa shape index (κ1) is 12.0. The summed E-state index contributed by atoms with van der Waals surface area (Å²) in [6.45, 7) is 5.26. The third-order valence-electron chi connectivity index (χ3n) is 4.64. The van der Waals surface area contributed by atoms with E-state index >= 15 is 0 Å². The van der Waals surface area contributed by atoms with Gasteiger partial charge in [-0.1, -0.05) is 12.1 Å². The van der Waals surface area contributed by atoms with Crippen LogP contribution in [0.5, 0.6) is 0 Å². The Kier molecular flexibility index (Phi) is 3.29. The van der Waals surface area contributed by atoms with Gasteiger partial charge in [-0.25, -0.2) is 0 Å². The van der Waals surface area contributed by atoms with E-state index in [0.29, 0.717) is 0 Å². The summed E-state index contributed by atoms with van der Waals surface area (Å²) in [5.74, 6) is 1.02. The molecule has 1 aromatic rings. The van der Waals surface area contributed by atoms with Gasteiger partial charge in [0.05, 0.1) is 30.5 Å². The van der Waals surface area contributed by atoms with E-state index in [1.807, 2.05) is 6.07 Å². The lowest BCUT2D eigenvalue weighted by Crippen LogP contribution is -2.57. The van der Waals surface area contributed by atoms with E-state index < -0.39 is 0 Å². The Bertz CT molecular complexity index is 469. The Morgan fingerprint density at radius 1 is 1.22 bits per heavy atom. The Labute approximate surface area is 114 Å². The van der Waals surface area contributed by atoms with Gasteiger partial charge in [0.2, 0.25) is 0 Å². The van der Waals surface area contributed by atoms with Gasteiger partial charge in [-0.05, 0) is 49.5 Å². The van der Waals surface area contributed by atoms with Crippen molar-refractivity contribution in [1.29, 1.82) is 0 Å². The SMILES string of the molecule is S=C=Nc1cccc(C[N+]23CCC(CC2)CC3)c1. The molecule has 2 nitrogen and oxygen atoms in total. The summed E-state index contributed by atoms with van der Waals surface area (Å²) in [6.07, 6.45) is 4.29. The molecule has 94 valence electrons. The first-order valence-electron chi connectivity index (χ1n) is 6.82. The van der Waals surface area contributed by atoms with Crippen molar-refractivity contribution in [1.82, 2.24) is 0 Å². The normalized spacial score (nSPS) is 29.9. The molecule has 3 heteroatoms. The van der Waals surface area contributed by atoms with Crippen molar-refractivity contribution in [3.05, 3.63) is 29.8 Å². The van der Waals surface area contributed by atoms with E-state index in [0.717, 1.165) is 18.2 Å². The van der Waals surface area contributed by atoms with Gasteiger partial charge in [0, 0.05) is 5.56 Å². The van der Waals surface area contributed by atoms with Gasteiger partial charge >= 0.3 is 0 Å². The van der Waals surface area contributed by atoms with Crippen LogP contribution < -0.4 is 0 Å². The summed E-state index contributed by atoms with van der Waals surface area (Å²) in [5.41, 5.74) is 2.33. The first-order chi connectivity index (χ1) is 8.80. The summed E-state index contributed by atoms with van der Waals surface area (Å²) < 4.78 is 1.29. The Balaban J connectivity index is 1.79. The minimum absolute atomic E-state index is 0.938. The van der Waals surface area contributed by atoms with Crippen LogP contribution in [-0.4, -0.2) is 29.3 Å². The molecule has 0 radical (unpaired) electrons. The smallest absolute Gasteiger partial charge is 0.104 e. The summed E-state index contributed by atoms with van der Waals surface area (Å²) >= 11 is 4.67. The maximum Gasteiger partial charge on any atom is 0.104 e. The topological polar surface area (TPSA) is 12.4 Å². The summed E-state index contributed by atoms with van der Waals surface area (Å²) in [7, 11) is 0. The van der Waals surface area contributed by atoms with Crippen LogP contribution in [0.25, 0.3) is 0 Å². The molecule has 0 aromatic heterocycles. The molecule has 0 spiro atoms. The minimum atomic E-state index is 0.938. The van der Waals surface area contributed by atoms with E-state index in [1.165, 1.54) is 48.9 Å². The standard InChI is InChI=1S/C15H19N2S/c18-12-16-15-3-1-2-14(10-15)11-17-7-4-13(5-8-17)6-9-17/h1-3,10,13H,4-9,11H2/q+1. The van der Waals surface area contributed by atoms with Gasteiger partial charge in [0.25, 0.3) is 0 Å². The molecule has 3 aliphatic rings. The number of hydrogen-bond donors (Lipinski definition) is 0. The molecule has 3 aliphatic heterocycles. The van der Waals surface area contributed by atoms with Crippen LogP contribution >= 0.6 is 12.2 Å². The Morgan fingerprint density at radius 3 is 2.61 bits per heavy atom. The Morgan fingerprint density at radius 2 is 1.94 bits per heavy atom. The second-order valence-corrected chi connectivity index (χ2v) is 5.96. The van der Waals surface area contributed by atoms with Crippen molar-refractivity contribution < 1.29 is 4.48 Å². The monoisotopic (exact) mass is 259 g/mol. The van der Waals surface area contributed by atoms with Crippen molar-refractivity contribution in [2.45, 2.75) is 25.8 Å². The number of benzene rings is 1. The van der Waals surface area contributed by atoms with Crippen LogP contribution in [0.2, 0.25) is 0 Å². The predicted octanol–water partition coefficient (Wildman–Crippen LogP) is 3.55. The lowest BCUT2D eigenvalue weighted by molar-refractivity contribution is -0.955. The fraction of sp³-hybridized carbons (Fsp3) is 0.533. The van der Waals surface area contributed by atoms with Crippen LogP contribution in [0.1, 0.15) is 24.8 Å². The quantitative estimate of drug-likeness (QED) is 0.459. The average molecular weight is 259 g/mol. The van der Waals surface area contributed by atoms with Crippen molar-refractivity contribution in [2.24, 2.45) is 10.9 Å². The Hall–Kier alpha value is -1.02. The number of fused-ring (bicyclic) bond motifs is 3. The zero-order chi connectivity index (χ0) is 12.4. The van der Waals surface area contributed by atoms with E-state index in [1.54, 1.807) is 0 Å². The molecular formula is C15H19N2S+. The van der Waals surface area contributed by atoms with E-state index in [9.17, 15) is 0 Å². The molecule has 3 heterocycles. The highest BCUT2D eigenvalue weighted by atomic mass is 32.1. The first-order valence-corrected chi connectivity index (χ1v) is 7.22. The van der Waals surface area contributed by atoms with Crippen LogP contribution in [0.3, 0.4) is 0 Å². The predicted molar refractivity (Wildman–Crippen MR) is 77.0 cm³/mol. The maximum absolute atomic E-state index is 4.67. The molecule has 3 fully saturated rings. The van der Waals surface area contributed by atoms with E-state index in [2.05, 4.69) is 40.6 Å². The van der Waals surface area contributed by atoms with Crippen LogP contribution in [0, 0.1) is 5.92 Å². The van der Waals surface area contributed by atoms with Crippen molar-refractivity contribution >= 4 is 23.1 Å². The lowest BCUT2D eigenvalue weighted by atomic mass is 9.85. The molecule has 18 heavy (non-hydrogen) atoms. The molecule has 0 atom stereocenters. The molecule has 4 rings (SSSR count). The number of nitrogens with zero attached hydrogens (tertiary/aromatic N) is 2. The second-order valence-electron chi connectivity index (χ2n) is 5.78. The fourth-order valence-electron chi connectivity index (χ4n) is 3.54. The number of piperidine rings is 3. The fourth-order valence-corrected chi connectivity index (χ4v) is 3.64. The van der Waals surface area contributed by atoms with E-state index in [-0.39, 0.29) is 0 Å². The van der Waals surface area contributed by atoms with Crippen LogP contribution in [0.4, 0.5) is 5.69 Å². The minimum Gasteiger partial charge on any atom is -0.320 e. The van der Waals surface area contributed by atoms with E-state index in [4.69, 9.17) is 0 Å². The number of quaternary nitrogens is 1. The van der Waals surface area contributed by atoms with Gasteiger partial charge in [-0.2, -0.15) is 4.99 Å². The summed E-state index contributed by atoms with van der Waals surface area (Å²) in [6, 6.07) is 8.45. The zero-order valence-electron chi connectivity index (χ0n) is 10.6. The molecule has 0 aliphatic carbocycles. The molecule has 3 saturated heterocycles. The molecule has 0 N–H and O–H groups in total. The van der Waals surface area contributed by atoms with Gasteiger partial charge in [0.1, 0.15) is 6.54 Å². The largest absolute Gasteiger partial charge is 0.320 e. The second kappa shape index (κ2) is 4.93. The third-order valence-corrected chi connectivity index (χ3v) is 4.73.